The molecule has 0 saturated carbocycles. The monoisotopic (exact) mass is 426 g/mol. The van der Waals surface area contributed by atoms with E-state index in [2.05, 4.69) is 41.9 Å². The Morgan fingerprint density at radius 2 is 1.83 bits per heavy atom. The lowest BCUT2D eigenvalue weighted by Gasteiger charge is -2.28. The Hall–Kier alpha value is -2.61. The van der Waals surface area contributed by atoms with Gasteiger partial charge in [-0.05, 0) is 25.1 Å². The molecule has 0 bridgehead atoms. The number of amides is 1. The van der Waals surface area contributed by atoms with E-state index in [9.17, 15) is 9.18 Å². The molecule has 3 N–H and O–H groups in total. The molecular weight excluding hydrogens is 399 g/mol. The first-order chi connectivity index (χ1) is 14.5. The van der Waals surface area contributed by atoms with Crippen LogP contribution in [0.3, 0.4) is 0 Å². The Bertz CT molecular complexity index is 996. The number of thiazole rings is 1. The number of rotatable bonds is 6. The highest BCUT2D eigenvalue weighted by Gasteiger charge is 2.25. The standard InChI is InChI=1S/C23H25FN4OS/c1-17-5-7-18(8-6-17)23-26-21(16-30-23)14-27-9-11-28(12-10-27)15-22(29)25-20-4-2-3-19(24)13-20/h2-8,13,16H,9-12,14-15H2,1H3,(H,25,29)/p+2. The van der Waals surface area contributed by atoms with Crippen LogP contribution in [0.15, 0.2) is 53.9 Å². The predicted molar refractivity (Wildman–Crippen MR) is 117 cm³/mol. The van der Waals surface area contributed by atoms with Crippen molar-refractivity contribution in [1.82, 2.24) is 4.98 Å². The number of quaternary nitrogens is 2. The van der Waals surface area contributed by atoms with Crippen LogP contribution in [-0.4, -0.2) is 43.6 Å². The number of hydrogen-bond donors (Lipinski definition) is 3. The summed E-state index contributed by atoms with van der Waals surface area (Å²) < 4.78 is 13.2. The van der Waals surface area contributed by atoms with Gasteiger partial charge in [-0.2, -0.15) is 0 Å². The highest BCUT2D eigenvalue weighted by molar-refractivity contribution is 7.13. The molecule has 2 aromatic carbocycles. The second-order valence-corrected chi connectivity index (χ2v) is 8.78. The van der Waals surface area contributed by atoms with Crippen molar-refractivity contribution in [1.29, 1.82) is 0 Å². The molecule has 3 aromatic rings. The summed E-state index contributed by atoms with van der Waals surface area (Å²) in [5, 5.41) is 6.02. The third-order valence-corrected chi connectivity index (χ3v) is 6.40. The normalized spacial score (nSPS) is 18.9. The fourth-order valence-electron chi connectivity index (χ4n) is 3.78. The minimum atomic E-state index is -0.343. The molecule has 0 radical (unpaired) electrons. The van der Waals surface area contributed by atoms with Crippen molar-refractivity contribution in [3.05, 3.63) is 71.0 Å². The number of nitrogens with zero attached hydrogens (tertiary/aromatic N) is 1. The third-order valence-electron chi connectivity index (χ3n) is 5.46. The SMILES string of the molecule is Cc1ccc(-c2nc(C[NH+]3CC[NH+](CC(=O)Nc4cccc(F)c4)CC3)cs2)cc1. The number of carbonyl (C=O) groups excluding carboxylic acids is 1. The summed E-state index contributed by atoms with van der Waals surface area (Å²) in [5.74, 6) is -0.411. The predicted octanol–water partition coefficient (Wildman–Crippen LogP) is 1.18. The van der Waals surface area contributed by atoms with Gasteiger partial charge in [0, 0.05) is 16.6 Å². The van der Waals surface area contributed by atoms with Crippen molar-refractivity contribution in [3.8, 4) is 10.6 Å². The largest absolute Gasteiger partial charge is 0.321 e. The second-order valence-electron chi connectivity index (χ2n) is 7.92. The zero-order chi connectivity index (χ0) is 20.9. The van der Waals surface area contributed by atoms with Crippen LogP contribution in [0.4, 0.5) is 10.1 Å². The van der Waals surface area contributed by atoms with Gasteiger partial charge in [-0.25, -0.2) is 9.37 Å². The fraction of sp³-hybridized carbons (Fsp3) is 0.304. The van der Waals surface area contributed by atoms with E-state index in [0.717, 1.165) is 43.4 Å². The number of aryl methyl sites for hydroxylation is 1. The maximum atomic E-state index is 13.2. The van der Waals surface area contributed by atoms with Crippen LogP contribution >= 0.6 is 11.3 Å². The molecule has 0 unspecified atom stereocenters. The van der Waals surface area contributed by atoms with Gasteiger partial charge >= 0.3 is 0 Å². The molecule has 2 heterocycles. The van der Waals surface area contributed by atoms with E-state index in [1.807, 2.05) is 0 Å². The van der Waals surface area contributed by atoms with E-state index >= 15 is 0 Å². The summed E-state index contributed by atoms with van der Waals surface area (Å²) >= 11 is 1.70. The van der Waals surface area contributed by atoms with E-state index in [1.165, 1.54) is 33.1 Å². The Morgan fingerprint density at radius 1 is 1.10 bits per heavy atom. The van der Waals surface area contributed by atoms with Gasteiger partial charge in [0.05, 0.1) is 0 Å². The third kappa shape index (κ3) is 5.50. The molecule has 7 heteroatoms. The number of benzene rings is 2. The molecule has 4 rings (SSSR count). The smallest absolute Gasteiger partial charge is 0.279 e. The summed E-state index contributed by atoms with van der Waals surface area (Å²) in [6.07, 6.45) is 0. The Morgan fingerprint density at radius 3 is 2.57 bits per heavy atom. The molecule has 1 aromatic heterocycles. The molecule has 0 atom stereocenters. The topological polar surface area (TPSA) is 50.9 Å². The molecule has 1 saturated heterocycles. The van der Waals surface area contributed by atoms with Crippen molar-refractivity contribution in [2.75, 3.05) is 38.0 Å². The summed E-state index contributed by atoms with van der Waals surface area (Å²) in [6, 6.07) is 14.5. The zero-order valence-electron chi connectivity index (χ0n) is 17.1. The van der Waals surface area contributed by atoms with Gasteiger partial charge in [0.25, 0.3) is 5.91 Å². The fourth-order valence-corrected chi connectivity index (χ4v) is 4.61. The maximum Gasteiger partial charge on any atom is 0.279 e. The summed E-state index contributed by atoms with van der Waals surface area (Å²) in [7, 11) is 0. The second kappa shape index (κ2) is 9.47. The average molecular weight is 427 g/mol. The number of piperazine rings is 1. The molecule has 1 amide bonds. The lowest BCUT2D eigenvalue weighted by Crippen LogP contribution is -3.28. The van der Waals surface area contributed by atoms with Gasteiger partial charge in [0.15, 0.2) is 6.54 Å². The number of anilines is 1. The van der Waals surface area contributed by atoms with Crippen LogP contribution in [0, 0.1) is 12.7 Å². The molecule has 5 nitrogen and oxygen atoms in total. The quantitative estimate of drug-likeness (QED) is 0.555. The van der Waals surface area contributed by atoms with Gasteiger partial charge in [-0.15, -0.1) is 11.3 Å². The zero-order valence-corrected chi connectivity index (χ0v) is 17.9. The van der Waals surface area contributed by atoms with Crippen LogP contribution in [-0.2, 0) is 11.3 Å². The summed E-state index contributed by atoms with van der Waals surface area (Å²) in [4.78, 5) is 19.8. The Labute approximate surface area is 180 Å². The molecule has 30 heavy (non-hydrogen) atoms. The van der Waals surface area contributed by atoms with Crippen LogP contribution in [0.5, 0.6) is 0 Å². The number of hydrogen-bond acceptors (Lipinski definition) is 3. The van der Waals surface area contributed by atoms with Crippen LogP contribution in [0.2, 0.25) is 0 Å². The highest BCUT2D eigenvalue weighted by Crippen LogP contribution is 2.23. The molecule has 1 fully saturated rings. The first-order valence-electron chi connectivity index (χ1n) is 10.3. The van der Waals surface area contributed by atoms with Crippen molar-refractivity contribution in [2.45, 2.75) is 13.5 Å². The average Bonchev–Trinajstić information content (AvgIpc) is 3.18. The van der Waals surface area contributed by atoms with Gasteiger partial charge in [0.2, 0.25) is 0 Å². The molecule has 1 aliphatic heterocycles. The van der Waals surface area contributed by atoms with Gasteiger partial charge in [0.1, 0.15) is 49.2 Å². The van der Waals surface area contributed by atoms with Gasteiger partial charge in [-0.1, -0.05) is 35.9 Å². The number of halogens is 1. The van der Waals surface area contributed by atoms with E-state index in [0.29, 0.717) is 12.2 Å². The maximum absolute atomic E-state index is 13.2. The van der Waals surface area contributed by atoms with E-state index in [-0.39, 0.29) is 11.7 Å². The first-order valence-corrected chi connectivity index (χ1v) is 11.2. The Kier molecular flexibility index (Phi) is 6.52. The lowest BCUT2D eigenvalue weighted by molar-refractivity contribution is -1.02. The van der Waals surface area contributed by atoms with Gasteiger partial charge < -0.3 is 15.1 Å². The van der Waals surface area contributed by atoms with Crippen molar-refractivity contribution >= 4 is 22.9 Å². The number of nitrogens with one attached hydrogen (secondary N) is 3. The number of aromatic nitrogens is 1. The summed E-state index contributed by atoms with van der Waals surface area (Å²) in [6.45, 7) is 7.35. The minimum Gasteiger partial charge on any atom is -0.321 e. The van der Waals surface area contributed by atoms with E-state index in [1.54, 1.807) is 23.5 Å². The highest BCUT2D eigenvalue weighted by atomic mass is 32.1. The van der Waals surface area contributed by atoms with Crippen molar-refractivity contribution in [3.63, 3.8) is 0 Å². The van der Waals surface area contributed by atoms with Crippen molar-refractivity contribution in [2.24, 2.45) is 0 Å². The molecule has 0 aliphatic carbocycles. The Balaban J connectivity index is 1.24. The minimum absolute atomic E-state index is 0.0682. The van der Waals surface area contributed by atoms with E-state index < -0.39 is 0 Å². The molecule has 156 valence electrons. The lowest BCUT2D eigenvalue weighted by atomic mass is 10.2. The van der Waals surface area contributed by atoms with Gasteiger partial charge in [-0.3, -0.25) is 4.79 Å². The van der Waals surface area contributed by atoms with E-state index in [4.69, 9.17) is 4.98 Å². The van der Waals surface area contributed by atoms with Crippen LogP contribution in [0.25, 0.3) is 10.6 Å². The molecule has 1 aliphatic rings. The number of carbonyl (C=O) groups is 1. The van der Waals surface area contributed by atoms with Crippen LogP contribution in [0.1, 0.15) is 11.3 Å². The van der Waals surface area contributed by atoms with Crippen molar-refractivity contribution < 1.29 is 19.0 Å². The molecule has 0 spiro atoms. The summed E-state index contributed by atoms with van der Waals surface area (Å²) in [5.41, 5.74) is 4.07. The molecular formula is C23H27FN4OS+2. The first kappa shape index (κ1) is 20.7. The van der Waals surface area contributed by atoms with Crippen LogP contribution < -0.4 is 15.1 Å².